The minimum atomic E-state index is -1.82. The van der Waals surface area contributed by atoms with E-state index in [1.54, 1.807) is 11.3 Å². The Bertz CT molecular complexity index is 823. The lowest BCUT2D eigenvalue weighted by Gasteiger charge is -2.02. The van der Waals surface area contributed by atoms with Gasteiger partial charge in [0.05, 0.1) is 5.69 Å². The summed E-state index contributed by atoms with van der Waals surface area (Å²) in [6, 6.07) is 20.7. The molecule has 1 aromatic heterocycles. The second kappa shape index (κ2) is 10.1. The number of rotatable bonds is 5. The van der Waals surface area contributed by atoms with Crippen molar-refractivity contribution in [2.75, 3.05) is 0 Å². The highest BCUT2D eigenvalue weighted by atomic mass is 32.1. The van der Waals surface area contributed by atoms with Crippen molar-refractivity contribution >= 4 is 23.3 Å². The number of hydrogen-bond donors (Lipinski definition) is 3. The van der Waals surface area contributed by atoms with E-state index in [0.717, 1.165) is 23.8 Å². The summed E-state index contributed by atoms with van der Waals surface area (Å²) in [6.45, 7) is 1.68. The molecule has 0 aliphatic heterocycles. The first-order valence-electron chi connectivity index (χ1n) is 7.77. The molecule has 6 nitrogen and oxygen atoms in total. The molecule has 0 atom stereocenters. The maximum atomic E-state index is 9.10. The summed E-state index contributed by atoms with van der Waals surface area (Å²) in [4.78, 5) is 22.9. The van der Waals surface area contributed by atoms with Crippen molar-refractivity contribution in [3.8, 4) is 10.6 Å². The molecule has 7 heteroatoms. The Labute approximate surface area is 154 Å². The maximum Gasteiger partial charge on any atom is 0.414 e. The average molecular weight is 370 g/mol. The van der Waals surface area contributed by atoms with E-state index >= 15 is 0 Å². The van der Waals surface area contributed by atoms with Crippen molar-refractivity contribution in [1.29, 1.82) is 0 Å². The highest BCUT2D eigenvalue weighted by Crippen LogP contribution is 2.23. The third kappa shape index (κ3) is 6.46. The first kappa shape index (κ1) is 19.3. The number of nitrogens with one attached hydrogen (secondary N) is 1. The summed E-state index contributed by atoms with van der Waals surface area (Å²) in [5.41, 5.74) is 3.59. The van der Waals surface area contributed by atoms with E-state index in [9.17, 15) is 0 Å². The van der Waals surface area contributed by atoms with Crippen LogP contribution in [-0.2, 0) is 22.7 Å². The van der Waals surface area contributed by atoms with Gasteiger partial charge in [0.1, 0.15) is 5.01 Å². The molecule has 2 aromatic carbocycles. The quantitative estimate of drug-likeness (QED) is 0.596. The second-order valence-corrected chi connectivity index (χ2v) is 6.07. The third-order valence-electron chi connectivity index (χ3n) is 3.23. The predicted molar refractivity (Wildman–Crippen MR) is 99.8 cm³/mol. The van der Waals surface area contributed by atoms with Gasteiger partial charge < -0.3 is 15.5 Å². The van der Waals surface area contributed by atoms with Gasteiger partial charge in [0.25, 0.3) is 0 Å². The van der Waals surface area contributed by atoms with Gasteiger partial charge in [-0.2, -0.15) is 0 Å². The van der Waals surface area contributed by atoms with Gasteiger partial charge in [-0.15, -0.1) is 11.3 Å². The van der Waals surface area contributed by atoms with E-state index in [2.05, 4.69) is 52.1 Å². The van der Waals surface area contributed by atoms with Crippen LogP contribution < -0.4 is 5.32 Å². The second-order valence-electron chi connectivity index (χ2n) is 5.21. The molecule has 3 aromatic rings. The Morgan fingerprint density at radius 1 is 0.885 bits per heavy atom. The highest BCUT2D eigenvalue weighted by molar-refractivity contribution is 7.13. The Morgan fingerprint density at radius 3 is 2.04 bits per heavy atom. The van der Waals surface area contributed by atoms with Crippen LogP contribution in [-0.4, -0.2) is 27.1 Å². The first-order valence-corrected chi connectivity index (χ1v) is 8.65. The Hall–Kier alpha value is -3.03. The van der Waals surface area contributed by atoms with Crippen LogP contribution in [0, 0.1) is 0 Å². The molecule has 0 unspecified atom stereocenters. The number of carboxylic acid groups (broad SMARTS) is 2. The van der Waals surface area contributed by atoms with Gasteiger partial charge in [-0.25, -0.2) is 14.6 Å². The van der Waals surface area contributed by atoms with Gasteiger partial charge in [0.2, 0.25) is 0 Å². The zero-order chi connectivity index (χ0) is 18.8. The minimum Gasteiger partial charge on any atom is -0.473 e. The fourth-order valence-corrected chi connectivity index (χ4v) is 2.86. The van der Waals surface area contributed by atoms with Crippen LogP contribution in [0.15, 0.2) is 66.0 Å². The van der Waals surface area contributed by atoms with E-state index in [-0.39, 0.29) is 0 Å². The molecule has 0 spiro atoms. The van der Waals surface area contributed by atoms with E-state index < -0.39 is 11.9 Å². The molecule has 0 saturated carbocycles. The molecule has 0 aliphatic carbocycles. The van der Waals surface area contributed by atoms with Crippen LogP contribution in [0.25, 0.3) is 10.6 Å². The molecule has 0 bridgehead atoms. The SMILES string of the molecule is O=C(O)C(=O)O.c1ccc(CNCc2csc(-c3ccccc3)n2)cc1. The summed E-state index contributed by atoms with van der Waals surface area (Å²) >= 11 is 1.70. The molecule has 0 aliphatic rings. The lowest BCUT2D eigenvalue weighted by molar-refractivity contribution is -0.159. The van der Waals surface area contributed by atoms with E-state index in [4.69, 9.17) is 19.8 Å². The van der Waals surface area contributed by atoms with E-state index in [0.29, 0.717) is 0 Å². The number of carboxylic acids is 2. The fraction of sp³-hybridized carbons (Fsp3) is 0.105. The number of aromatic nitrogens is 1. The van der Waals surface area contributed by atoms with Crippen LogP contribution in [0.2, 0.25) is 0 Å². The zero-order valence-corrected chi connectivity index (χ0v) is 14.6. The minimum absolute atomic E-state index is 0.804. The topological polar surface area (TPSA) is 99.5 Å². The summed E-state index contributed by atoms with van der Waals surface area (Å²) < 4.78 is 0. The highest BCUT2D eigenvalue weighted by Gasteiger charge is 2.04. The maximum absolute atomic E-state index is 9.10. The van der Waals surface area contributed by atoms with Gasteiger partial charge in [-0.3, -0.25) is 0 Å². The summed E-state index contributed by atoms with van der Waals surface area (Å²) in [5.74, 6) is -3.65. The van der Waals surface area contributed by atoms with Crippen LogP contribution in [0.3, 0.4) is 0 Å². The number of carbonyl (C=O) groups is 2. The molecule has 26 heavy (non-hydrogen) atoms. The van der Waals surface area contributed by atoms with Gasteiger partial charge in [0, 0.05) is 24.0 Å². The third-order valence-corrected chi connectivity index (χ3v) is 4.17. The summed E-state index contributed by atoms with van der Waals surface area (Å²) in [7, 11) is 0. The first-order chi connectivity index (χ1) is 12.6. The van der Waals surface area contributed by atoms with Crippen molar-refractivity contribution < 1.29 is 19.8 Å². The van der Waals surface area contributed by atoms with Crippen LogP contribution in [0.1, 0.15) is 11.3 Å². The molecule has 0 radical (unpaired) electrons. The number of benzene rings is 2. The smallest absolute Gasteiger partial charge is 0.414 e. The molecule has 0 saturated heterocycles. The van der Waals surface area contributed by atoms with Crippen molar-refractivity contribution in [3.05, 3.63) is 77.3 Å². The number of nitrogens with zero attached hydrogens (tertiary/aromatic N) is 1. The fourth-order valence-electron chi connectivity index (χ4n) is 2.03. The summed E-state index contributed by atoms with van der Waals surface area (Å²) in [6.07, 6.45) is 0. The molecule has 134 valence electrons. The molecular weight excluding hydrogens is 352 g/mol. The number of hydrogen-bond acceptors (Lipinski definition) is 5. The monoisotopic (exact) mass is 370 g/mol. The lowest BCUT2D eigenvalue weighted by Crippen LogP contribution is -2.12. The van der Waals surface area contributed by atoms with Crippen molar-refractivity contribution in [2.24, 2.45) is 0 Å². The van der Waals surface area contributed by atoms with Crippen molar-refractivity contribution in [1.82, 2.24) is 10.3 Å². The molecule has 3 rings (SSSR count). The number of aliphatic carboxylic acids is 2. The van der Waals surface area contributed by atoms with Crippen molar-refractivity contribution in [2.45, 2.75) is 13.1 Å². The Balaban J connectivity index is 0.000000352. The Morgan fingerprint density at radius 2 is 1.46 bits per heavy atom. The van der Waals surface area contributed by atoms with Gasteiger partial charge in [-0.05, 0) is 5.56 Å². The van der Waals surface area contributed by atoms with E-state index in [1.807, 2.05) is 24.3 Å². The average Bonchev–Trinajstić information content (AvgIpc) is 3.13. The van der Waals surface area contributed by atoms with Crippen molar-refractivity contribution in [3.63, 3.8) is 0 Å². The van der Waals surface area contributed by atoms with E-state index in [1.165, 1.54) is 11.1 Å². The molecule has 3 N–H and O–H groups in total. The van der Waals surface area contributed by atoms with Gasteiger partial charge >= 0.3 is 11.9 Å². The van der Waals surface area contributed by atoms with Crippen LogP contribution >= 0.6 is 11.3 Å². The summed E-state index contributed by atoms with van der Waals surface area (Å²) in [5, 5.41) is 21.4. The largest absolute Gasteiger partial charge is 0.473 e. The molecule has 1 heterocycles. The molecular formula is C19H18N2O4S. The van der Waals surface area contributed by atoms with Gasteiger partial charge in [0.15, 0.2) is 0 Å². The standard InChI is InChI=1S/C17H16N2S.C2H2O4/c1-3-7-14(8-4-1)11-18-12-16-13-20-17(19-16)15-9-5-2-6-10-15;3-1(4)2(5)6/h1-10,13,18H,11-12H2;(H,3,4)(H,5,6). The Kier molecular flexibility index (Phi) is 7.48. The number of thiazole rings is 1. The molecule has 0 amide bonds. The van der Waals surface area contributed by atoms with Crippen LogP contribution in [0.4, 0.5) is 0 Å². The zero-order valence-electron chi connectivity index (χ0n) is 13.8. The van der Waals surface area contributed by atoms with Crippen LogP contribution in [0.5, 0.6) is 0 Å². The predicted octanol–water partition coefficient (Wildman–Crippen LogP) is 3.26. The van der Waals surface area contributed by atoms with Gasteiger partial charge in [-0.1, -0.05) is 60.7 Å². The lowest BCUT2D eigenvalue weighted by atomic mass is 10.2. The normalized spacial score (nSPS) is 9.85. The molecule has 0 fully saturated rings.